The van der Waals surface area contributed by atoms with Crippen molar-refractivity contribution in [2.45, 2.75) is 32.9 Å². The summed E-state index contributed by atoms with van der Waals surface area (Å²) in [6, 6.07) is 8.23. The highest BCUT2D eigenvalue weighted by Gasteiger charge is 2.16. The number of aromatic nitrogens is 2. The topological polar surface area (TPSA) is 50.1 Å². The molecule has 2 unspecified atom stereocenters. The fourth-order valence-corrected chi connectivity index (χ4v) is 2.18. The Bertz CT molecular complexity index is 547. The van der Waals surface area contributed by atoms with Gasteiger partial charge in [0.1, 0.15) is 5.82 Å². The molecule has 0 radical (unpaired) electrons. The van der Waals surface area contributed by atoms with Crippen molar-refractivity contribution in [1.29, 1.82) is 0 Å². The Kier molecular flexibility index (Phi) is 4.22. The van der Waals surface area contributed by atoms with Gasteiger partial charge >= 0.3 is 0 Å². The maximum atomic E-state index is 9.84. The summed E-state index contributed by atoms with van der Waals surface area (Å²) < 4.78 is 2.11. The molecule has 0 amide bonds. The van der Waals surface area contributed by atoms with Crippen LogP contribution in [0, 0.1) is 5.92 Å². The molecule has 0 fully saturated rings. The zero-order valence-electron chi connectivity index (χ0n) is 12.1. The van der Waals surface area contributed by atoms with Crippen molar-refractivity contribution in [3.8, 4) is 0 Å². The van der Waals surface area contributed by atoms with Gasteiger partial charge in [0.15, 0.2) is 0 Å². The monoisotopic (exact) mass is 261 g/mol. The molecule has 1 aromatic carbocycles. The fraction of sp³-hybridized carbons (Fsp3) is 0.533. The Labute approximate surface area is 114 Å². The minimum absolute atomic E-state index is 0.116. The highest BCUT2D eigenvalue weighted by molar-refractivity contribution is 5.75. The van der Waals surface area contributed by atoms with E-state index in [1.54, 1.807) is 0 Å². The highest BCUT2D eigenvalue weighted by Crippen LogP contribution is 2.19. The standard InChI is InChI=1S/C15H23N3O/c1-10(2)14(19)9-16-11(3)15-17-12-7-5-6-8-13(12)18(15)4/h5-8,10-11,14,16,19H,9H2,1-4H3. The molecule has 2 atom stereocenters. The lowest BCUT2D eigenvalue weighted by Gasteiger charge is -2.19. The van der Waals surface area contributed by atoms with Gasteiger partial charge < -0.3 is 15.0 Å². The molecule has 4 heteroatoms. The zero-order chi connectivity index (χ0) is 14.0. The number of benzene rings is 1. The first-order valence-electron chi connectivity index (χ1n) is 6.83. The van der Waals surface area contributed by atoms with Gasteiger partial charge in [0.2, 0.25) is 0 Å². The van der Waals surface area contributed by atoms with Crippen molar-refractivity contribution >= 4 is 11.0 Å². The second-order valence-electron chi connectivity index (χ2n) is 5.46. The fourth-order valence-electron chi connectivity index (χ4n) is 2.18. The third-order valence-corrected chi connectivity index (χ3v) is 3.61. The molecular formula is C15H23N3O. The highest BCUT2D eigenvalue weighted by atomic mass is 16.3. The van der Waals surface area contributed by atoms with E-state index < -0.39 is 0 Å². The number of aliphatic hydroxyl groups is 1. The van der Waals surface area contributed by atoms with E-state index in [0.29, 0.717) is 6.54 Å². The number of rotatable bonds is 5. The second-order valence-corrected chi connectivity index (χ2v) is 5.46. The van der Waals surface area contributed by atoms with E-state index in [0.717, 1.165) is 16.9 Å². The Morgan fingerprint density at radius 3 is 2.58 bits per heavy atom. The van der Waals surface area contributed by atoms with Crippen LogP contribution in [-0.4, -0.2) is 27.3 Å². The molecule has 2 N–H and O–H groups in total. The van der Waals surface area contributed by atoms with E-state index in [2.05, 4.69) is 27.9 Å². The number of para-hydroxylation sites is 2. The third-order valence-electron chi connectivity index (χ3n) is 3.61. The minimum atomic E-state index is -0.322. The van der Waals surface area contributed by atoms with Crippen LogP contribution in [0.15, 0.2) is 24.3 Å². The van der Waals surface area contributed by atoms with E-state index in [1.165, 1.54) is 0 Å². The Balaban J connectivity index is 2.13. The lowest BCUT2D eigenvalue weighted by Crippen LogP contribution is -2.33. The SMILES string of the molecule is CC(NCC(O)C(C)C)c1nc2ccccc2n1C. The molecule has 0 aliphatic rings. The van der Waals surface area contributed by atoms with Gasteiger partial charge in [-0.25, -0.2) is 4.98 Å². The molecular weight excluding hydrogens is 238 g/mol. The maximum absolute atomic E-state index is 9.84. The van der Waals surface area contributed by atoms with Crippen LogP contribution in [0.5, 0.6) is 0 Å². The van der Waals surface area contributed by atoms with Crippen molar-refractivity contribution in [3.63, 3.8) is 0 Å². The number of aliphatic hydroxyl groups excluding tert-OH is 1. The molecule has 19 heavy (non-hydrogen) atoms. The van der Waals surface area contributed by atoms with Crippen molar-refractivity contribution in [2.75, 3.05) is 6.54 Å². The van der Waals surface area contributed by atoms with Gasteiger partial charge in [-0.3, -0.25) is 0 Å². The van der Waals surface area contributed by atoms with Crippen LogP contribution in [0.2, 0.25) is 0 Å². The average Bonchev–Trinajstić information content (AvgIpc) is 2.73. The van der Waals surface area contributed by atoms with E-state index >= 15 is 0 Å². The van der Waals surface area contributed by atoms with Crippen molar-refractivity contribution < 1.29 is 5.11 Å². The van der Waals surface area contributed by atoms with Gasteiger partial charge in [0, 0.05) is 13.6 Å². The van der Waals surface area contributed by atoms with Crippen molar-refractivity contribution in [1.82, 2.24) is 14.9 Å². The lowest BCUT2D eigenvalue weighted by atomic mass is 10.1. The first-order valence-corrected chi connectivity index (χ1v) is 6.83. The summed E-state index contributed by atoms with van der Waals surface area (Å²) in [6.45, 7) is 6.70. The molecule has 0 aliphatic heterocycles. The molecule has 104 valence electrons. The molecule has 0 saturated heterocycles. The van der Waals surface area contributed by atoms with Gasteiger partial charge in [-0.2, -0.15) is 0 Å². The van der Waals surface area contributed by atoms with Gasteiger partial charge in [0.25, 0.3) is 0 Å². The number of nitrogens with one attached hydrogen (secondary N) is 1. The van der Waals surface area contributed by atoms with E-state index in [1.807, 2.05) is 39.1 Å². The van der Waals surface area contributed by atoms with Crippen LogP contribution in [0.3, 0.4) is 0 Å². The number of aryl methyl sites for hydroxylation is 1. The maximum Gasteiger partial charge on any atom is 0.126 e. The number of imidazole rings is 1. The Hall–Kier alpha value is -1.39. The molecule has 2 rings (SSSR count). The van der Waals surface area contributed by atoms with Gasteiger partial charge in [0.05, 0.1) is 23.2 Å². The summed E-state index contributed by atoms with van der Waals surface area (Å²) in [4.78, 5) is 4.65. The van der Waals surface area contributed by atoms with Crippen LogP contribution in [0.4, 0.5) is 0 Å². The second kappa shape index (κ2) is 5.72. The van der Waals surface area contributed by atoms with Gasteiger partial charge in [-0.1, -0.05) is 26.0 Å². The van der Waals surface area contributed by atoms with Crippen LogP contribution in [0.25, 0.3) is 11.0 Å². The molecule has 2 aromatic rings. The number of hydrogen-bond donors (Lipinski definition) is 2. The Morgan fingerprint density at radius 1 is 1.26 bits per heavy atom. The normalized spacial score (nSPS) is 15.1. The minimum Gasteiger partial charge on any atom is -0.392 e. The summed E-state index contributed by atoms with van der Waals surface area (Å²) in [5.74, 6) is 1.26. The summed E-state index contributed by atoms with van der Waals surface area (Å²) in [6.07, 6.45) is -0.322. The summed E-state index contributed by atoms with van der Waals surface area (Å²) >= 11 is 0. The predicted octanol–water partition coefficient (Wildman–Crippen LogP) is 2.24. The smallest absolute Gasteiger partial charge is 0.126 e. The van der Waals surface area contributed by atoms with E-state index in [9.17, 15) is 5.11 Å². The molecule has 0 spiro atoms. The van der Waals surface area contributed by atoms with E-state index in [-0.39, 0.29) is 18.1 Å². The van der Waals surface area contributed by atoms with Gasteiger partial charge in [-0.15, -0.1) is 0 Å². The number of hydrogen-bond acceptors (Lipinski definition) is 3. The van der Waals surface area contributed by atoms with Gasteiger partial charge in [-0.05, 0) is 25.0 Å². The molecule has 0 aliphatic carbocycles. The van der Waals surface area contributed by atoms with E-state index in [4.69, 9.17) is 0 Å². The number of nitrogens with zero attached hydrogens (tertiary/aromatic N) is 2. The third kappa shape index (κ3) is 2.96. The zero-order valence-corrected chi connectivity index (χ0v) is 12.1. The van der Waals surface area contributed by atoms with Crippen LogP contribution >= 0.6 is 0 Å². The van der Waals surface area contributed by atoms with Crippen LogP contribution < -0.4 is 5.32 Å². The molecule has 1 aromatic heterocycles. The van der Waals surface area contributed by atoms with Crippen LogP contribution in [0.1, 0.15) is 32.6 Å². The summed E-state index contributed by atoms with van der Waals surface area (Å²) in [5, 5.41) is 13.2. The molecule has 4 nitrogen and oxygen atoms in total. The molecule has 0 saturated carbocycles. The lowest BCUT2D eigenvalue weighted by molar-refractivity contribution is 0.120. The molecule has 1 heterocycles. The first-order chi connectivity index (χ1) is 9.00. The quantitative estimate of drug-likeness (QED) is 0.868. The number of fused-ring (bicyclic) bond motifs is 1. The predicted molar refractivity (Wildman–Crippen MR) is 78.0 cm³/mol. The first kappa shape index (κ1) is 14.0. The summed E-state index contributed by atoms with van der Waals surface area (Å²) in [7, 11) is 2.03. The molecule has 0 bridgehead atoms. The average molecular weight is 261 g/mol. The van der Waals surface area contributed by atoms with Crippen molar-refractivity contribution in [3.05, 3.63) is 30.1 Å². The van der Waals surface area contributed by atoms with Crippen molar-refractivity contribution in [2.24, 2.45) is 13.0 Å². The largest absolute Gasteiger partial charge is 0.392 e. The summed E-state index contributed by atoms with van der Waals surface area (Å²) in [5.41, 5.74) is 2.15. The Morgan fingerprint density at radius 2 is 1.95 bits per heavy atom. The van der Waals surface area contributed by atoms with Crippen LogP contribution in [-0.2, 0) is 7.05 Å².